The van der Waals surface area contributed by atoms with Crippen LogP contribution in [0.4, 0.5) is 0 Å². The first-order chi connectivity index (χ1) is 46.4. The smallest absolute Gasteiger partial charge is 0.462 e. The number of rotatable bonds is 76. The summed E-state index contributed by atoms with van der Waals surface area (Å²) in [6.45, 7) is 9.67. The van der Waals surface area contributed by atoms with Gasteiger partial charge in [-0.15, -0.1) is 0 Å². The van der Waals surface area contributed by atoms with Gasteiger partial charge in [-0.1, -0.05) is 350 Å². The molecule has 0 radical (unpaired) electrons. The Kier molecular flexibility index (Phi) is 67.4. The molecule has 3 unspecified atom stereocenters. The molecule has 0 amide bonds. The predicted molar refractivity (Wildman–Crippen MR) is 391 cm³/mol. The largest absolute Gasteiger partial charge is 0.472 e. The summed E-state index contributed by atoms with van der Waals surface area (Å²) < 4.78 is 68.5. The zero-order valence-electron chi connectivity index (χ0n) is 62.7. The van der Waals surface area contributed by atoms with Crippen LogP contribution in [0.15, 0.2) is 0 Å². The van der Waals surface area contributed by atoms with Gasteiger partial charge in [-0.05, 0) is 37.5 Å². The molecule has 0 aliphatic carbocycles. The zero-order valence-corrected chi connectivity index (χ0v) is 64.5. The van der Waals surface area contributed by atoms with E-state index in [1.165, 1.54) is 218 Å². The highest BCUT2D eigenvalue weighted by atomic mass is 31.2. The van der Waals surface area contributed by atoms with Crippen LogP contribution < -0.4 is 0 Å². The van der Waals surface area contributed by atoms with Crippen molar-refractivity contribution in [3.63, 3.8) is 0 Å². The van der Waals surface area contributed by atoms with Crippen molar-refractivity contribution in [2.45, 2.75) is 419 Å². The molecule has 0 aliphatic heterocycles. The summed E-state index contributed by atoms with van der Waals surface area (Å²) in [5.74, 6) is -0.461. The summed E-state index contributed by atoms with van der Waals surface area (Å²) in [5, 5.41) is 10.6. The molecule has 0 saturated carbocycles. The van der Waals surface area contributed by atoms with Crippen LogP contribution in [0.2, 0.25) is 0 Å². The number of hydrogen-bond donors (Lipinski definition) is 3. The Morgan fingerprint density at radius 2 is 0.531 bits per heavy atom. The number of phosphoric ester groups is 2. The lowest BCUT2D eigenvalue weighted by Gasteiger charge is -2.21. The van der Waals surface area contributed by atoms with E-state index in [0.717, 1.165) is 102 Å². The molecule has 0 saturated heterocycles. The Bertz CT molecular complexity index is 1860. The average molecular weight is 1410 g/mol. The van der Waals surface area contributed by atoms with E-state index < -0.39 is 97.5 Å². The molecular weight excluding hydrogens is 1260 g/mol. The standard InChI is InChI=1S/C77H150O17P2/c1-7-10-12-14-16-18-35-41-47-53-59-74(79)87-65-72(93-76(81)61-55-49-43-36-19-17-15-13-11-8-2)67-91-95(83,84)89-63-71(78)64-90-96(85,86)92-68-73(94-77(82)62-56-50-44-38-32-28-22-20-21-25-29-33-39-45-51-57-69(4)5)66-88-75(80)60-54-48-42-37-31-27-24-23-26-30-34-40-46-52-58-70(6)9-3/h69-73,78H,7-68H2,1-6H3,(H,83,84)(H,85,86)/t70?,71-,72+,73+/m0/s1. The molecule has 6 atom stereocenters. The van der Waals surface area contributed by atoms with Crippen LogP contribution in [-0.4, -0.2) is 96.7 Å². The molecular formula is C77H150O17P2. The zero-order chi connectivity index (χ0) is 70.7. The van der Waals surface area contributed by atoms with Crippen LogP contribution in [-0.2, 0) is 65.4 Å². The van der Waals surface area contributed by atoms with Gasteiger partial charge >= 0.3 is 39.5 Å². The van der Waals surface area contributed by atoms with E-state index in [4.69, 9.17) is 37.0 Å². The first-order valence-corrected chi connectivity index (χ1v) is 43.0. The van der Waals surface area contributed by atoms with Gasteiger partial charge < -0.3 is 33.8 Å². The first kappa shape index (κ1) is 94.1. The molecule has 0 aromatic heterocycles. The number of carbonyl (C=O) groups excluding carboxylic acids is 4. The molecule has 0 aromatic rings. The van der Waals surface area contributed by atoms with Gasteiger partial charge in [0.1, 0.15) is 19.3 Å². The maximum Gasteiger partial charge on any atom is 0.472 e. The van der Waals surface area contributed by atoms with Gasteiger partial charge in [-0.2, -0.15) is 0 Å². The van der Waals surface area contributed by atoms with Gasteiger partial charge in [0.2, 0.25) is 0 Å². The fourth-order valence-corrected chi connectivity index (χ4v) is 13.4. The van der Waals surface area contributed by atoms with Gasteiger partial charge in [0.25, 0.3) is 0 Å². The fourth-order valence-electron chi connectivity index (χ4n) is 11.8. The van der Waals surface area contributed by atoms with E-state index in [9.17, 15) is 43.2 Å². The Morgan fingerprint density at radius 3 is 0.792 bits per heavy atom. The van der Waals surface area contributed by atoms with Gasteiger partial charge in [0, 0.05) is 25.7 Å². The minimum absolute atomic E-state index is 0.107. The summed E-state index contributed by atoms with van der Waals surface area (Å²) >= 11 is 0. The number of esters is 4. The van der Waals surface area contributed by atoms with Crippen LogP contribution in [0.5, 0.6) is 0 Å². The lowest BCUT2D eigenvalue weighted by atomic mass is 9.99. The number of phosphoric acid groups is 2. The maximum atomic E-state index is 13.1. The van der Waals surface area contributed by atoms with E-state index in [1.807, 2.05) is 0 Å². The van der Waals surface area contributed by atoms with Gasteiger partial charge in [0.05, 0.1) is 26.4 Å². The minimum atomic E-state index is -4.96. The van der Waals surface area contributed by atoms with Crippen molar-refractivity contribution in [3.8, 4) is 0 Å². The molecule has 0 heterocycles. The van der Waals surface area contributed by atoms with Gasteiger partial charge in [-0.25, -0.2) is 9.13 Å². The maximum absolute atomic E-state index is 13.1. The van der Waals surface area contributed by atoms with Crippen LogP contribution in [0.3, 0.4) is 0 Å². The quantitative estimate of drug-likeness (QED) is 0.0222. The summed E-state index contributed by atoms with van der Waals surface area (Å²) in [6, 6.07) is 0. The highest BCUT2D eigenvalue weighted by molar-refractivity contribution is 7.47. The number of hydrogen-bond acceptors (Lipinski definition) is 15. The third kappa shape index (κ3) is 69.2. The Hall–Kier alpha value is -1.94. The lowest BCUT2D eigenvalue weighted by molar-refractivity contribution is -0.161. The summed E-state index contributed by atoms with van der Waals surface area (Å²) in [6.07, 6.45) is 56.8. The van der Waals surface area contributed by atoms with Gasteiger partial charge in [-0.3, -0.25) is 37.3 Å². The summed E-state index contributed by atoms with van der Waals surface area (Å²) in [5.41, 5.74) is 0. The van der Waals surface area contributed by atoms with Crippen molar-refractivity contribution in [1.29, 1.82) is 0 Å². The minimum Gasteiger partial charge on any atom is -0.462 e. The second-order valence-electron chi connectivity index (χ2n) is 28.5. The summed E-state index contributed by atoms with van der Waals surface area (Å²) in [7, 11) is -9.91. The predicted octanol–water partition coefficient (Wildman–Crippen LogP) is 22.7. The molecule has 0 bridgehead atoms. The van der Waals surface area contributed by atoms with E-state index in [0.29, 0.717) is 25.7 Å². The fraction of sp³-hybridized carbons (Fsp3) is 0.948. The van der Waals surface area contributed by atoms with Crippen molar-refractivity contribution in [2.75, 3.05) is 39.6 Å². The number of aliphatic hydroxyl groups is 1. The van der Waals surface area contributed by atoms with Crippen LogP contribution in [0.25, 0.3) is 0 Å². The van der Waals surface area contributed by atoms with Crippen LogP contribution in [0.1, 0.15) is 401 Å². The highest BCUT2D eigenvalue weighted by Gasteiger charge is 2.30. The van der Waals surface area contributed by atoms with E-state index in [-0.39, 0.29) is 25.7 Å². The lowest BCUT2D eigenvalue weighted by Crippen LogP contribution is -2.30. The van der Waals surface area contributed by atoms with E-state index >= 15 is 0 Å². The van der Waals surface area contributed by atoms with Crippen LogP contribution >= 0.6 is 15.6 Å². The number of ether oxygens (including phenoxy) is 4. The normalized spacial score (nSPS) is 14.3. The van der Waals surface area contributed by atoms with Crippen molar-refractivity contribution in [3.05, 3.63) is 0 Å². The molecule has 0 rings (SSSR count). The molecule has 19 heteroatoms. The third-order valence-corrected chi connectivity index (χ3v) is 20.2. The molecule has 0 aliphatic rings. The summed E-state index contributed by atoms with van der Waals surface area (Å²) in [4.78, 5) is 72.8. The monoisotopic (exact) mass is 1410 g/mol. The SMILES string of the molecule is CCCCCCCCCCCCC(=O)OC[C@H](COP(=O)(O)OC[C@H](O)COP(=O)(O)OC[C@@H](COC(=O)CCCCCCCCCCCCCCCCC(C)CC)OC(=O)CCCCCCCCCCCCCCCCCC(C)C)OC(=O)CCCCCCCCCCCC. The highest BCUT2D eigenvalue weighted by Crippen LogP contribution is 2.45. The van der Waals surface area contributed by atoms with Crippen molar-refractivity contribution in [2.24, 2.45) is 11.8 Å². The van der Waals surface area contributed by atoms with E-state index in [2.05, 4.69) is 41.5 Å². The van der Waals surface area contributed by atoms with E-state index in [1.54, 1.807) is 0 Å². The van der Waals surface area contributed by atoms with Crippen LogP contribution in [0, 0.1) is 11.8 Å². The topological polar surface area (TPSA) is 237 Å². The molecule has 96 heavy (non-hydrogen) atoms. The van der Waals surface area contributed by atoms with Crippen molar-refractivity contribution < 1.29 is 80.2 Å². The molecule has 0 spiro atoms. The molecule has 0 fully saturated rings. The van der Waals surface area contributed by atoms with Gasteiger partial charge in [0.15, 0.2) is 12.2 Å². The Labute approximate surface area is 588 Å². The van der Waals surface area contributed by atoms with Crippen molar-refractivity contribution in [1.82, 2.24) is 0 Å². The number of aliphatic hydroxyl groups excluding tert-OH is 1. The average Bonchev–Trinajstić information content (AvgIpc) is 1.51. The number of carbonyl (C=O) groups is 4. The van der Waals surface area contributed by atoms with Crippen molar-refractivity contribution >= 4 is 39.5 Å². The molecule has 570 valence electrons. The molecule has 17 nitrogen and oxygen atoms in total. The second-order valence-corrected chi connectivity index (χ2v) is 31.4. The Morgan fingerprint density at radius 1 is 0.302 bits per heavy atom. The second kappa shape index (κ2) is 68.8. The first-order valence-electron chi connectivity index (χ1n) is 40.0. The number of unbranched alkanes of at least 4 members (excludes halogenated alkanes) is 45. The molecule has 0 aromatic carbocycles. The molecule has 3 N–H and O–H groups in total. The Balaban J connectivity index is 5.21. The third-order valence-electron chi connectivity index (χ3n) is 18.3.